The molecule has 0 radical (unpaired) electrons. The molecule has 1 nitrogen and oxygen atoms in total. The summed E-state index contributed by atoms with van der Waals surface area (Å²) in [5.41, 5.74) is 5.72. The summed E-state index contributed by atoms with van der Waals surface area (Å²) >= 11 is 1.86. The third kappa shape index (κ3) is 4.30. The van der Waals surface area contributed by atoms with Crippen molar-refractivity contribution in [1.29, 1.82) is 0 Å². The number of hydrogen-bond acceptors (Lipinski definition) is 2. The molecule has 0 aromatic heterocycles. The molecule has 1 aliphatic heterocycles. The lowest BCUT2D eigenvalue weighted by Crippen LogP contribution is -2.24. The number of anilines is 3. The second kappa shape index (κ2) is 7.81. The molecule has 0 fully saturated rings. The third-order valence-electron chi connectivity index (χ3n) is 5.85. The van der Waals surface area contributed by atoms with Crippen LogP contribution in [-0.2, 0) is 0 Å². The van der Waals surface area contributed by atoms with Crippen LogP contribution < -0.4 is 4.90 Å². The maximum atomic E-state index is 2.40. The van der Waals surface area contributed by atoms with Crippen molar-refractivity contribution in [2.24, 2.45) is 10.8 Å². The van der Waals surface area contributed by atoms with Gasteiger partial charge in [0.05, 0.1) is 11.4 Å². The zero-order valence-electron chi connectivity index (χ0n) is 19.1. The minimum Gasteiger partial charge on any atom is -0.308 e. The van der Waals surface area contributed by atoms with Crippen LogP contribution >= 0.6 is 11.8 Å². The second-order valence-electron chi connectivity index (χ2n) is 10.6. The van der Waals surface area contributed by atoms with Gasteiger partial charge in [0.25, 0.3) is 0 Å². The summed E-state index contributed by atoms with van der Waals surface area (Å²) < 4.78 is 0. The summed E-state index contributed by atoms with van der Waals surface area (Å²) in [6.07, 6.45) is 1.18. The Morgan fingerprint density at radius 1 is 0.700 bits per heavy atom. The van der Waals surface area contributed by atoms with Gasteiger partial charge in [-0.05, 0) is 65.1 Å². The molecule has 0 amide bonds. The normalized spacial score (nSPS) is 14.8. The first-order valence-electron chi connectivity index (χ1n) is 10.9. The summed E-state index contributed by atoms with van der Waals surface area (Å²) in [5.74, 6) is 0.531. The number of benzene rings is 3. The number of fused-ring (bicyclic) bond motifs is 2. The van der Waals surface area contributed by atoms with Gasteiger partial charge in [-0.2, -0.15) is 0 Å². The van der Waals surface area contributed by atoms with Crippen LogP contribution in [0.2, 0.25) is 0 Å². The molecule has 1 aliphatic rings. The van der Waals surface area contributed by atoms with E-state index in [-0.39, 0.29) is 5.41 Å². The van der Waals surface area contributed by atoms with Crippen molar-refractivity contribution in [2.75, 3.05) is 4.90 Å². The van der Waals surface area contributed by atoms with Gasteiger partial charge in [0.2, 0.25) is 0 Å². The number of hydrogen-bond donors (Lipinski definition) is 0. The third-order valence-corrected chi connectivity index (χ3v) is 6.98. The van der Waals surface area contributed by atoms with Crippen LogP contribution in [-0.4, -0.2) is 0 Å². The van der Waals surface area contributed by atoms with Crippen molar-refractivity contribution in [1.82, 2.24) is 0 Å². The van der Waals surface area contributed by atoms with Crippen molar-refractivity contribution in [3.8, 4) is 0 Å². The first kappa shape index (κ1) is 21.1. The van der Waals surface area contributed by atoms with E-state index in [2.05, 4.69) is 119 Å². The van der Waals surface area contributed by atoms with E-state index < -0.39 is 0 Å². The molecule has 3 aromatic carbocycles. The molecule has 3 aromatic rings. The SMILES string of the molecule is CC(C)(C)CC(c1ccc(N2c3ccccc3Sc3ccccc32)cc1)C(C)(C)C. The molecule has 0 saturated heterocycles. The van der Waals surface area contributed by atoms with E-state index in [0.29, 0.717) is 11.3 Å². The molecule has 156 valence electrons. The van der Waals surface area contributed by atoms with Crippen molar-refractivity contribution in [3.63, 3.8) is 0 Å². The quantitative estimate of drug-likeness (QED) is 0.328. The summed E-state index contributed by atoms with van der Waals surface area (Å²) in [7, 11) is 0. The van der Waals surface area contributed by atoms with Gasteiger partial charge in [-0.3, -0.25) is 0 Å². The van der Waals surface area contributed by atoms with E-state index in [9.17, 15) is 0 Å². The zero-order valence-corrected chi connectivity index (χ0v) is 19.9. The summed E-state index contributed by atoms with van der Waals surface area (Å²) in [4.78, 5) is 5.02. The lowest BCUT2D eigenvalue weighted by molar-refractivity contribution is 0.229. The van der Waals surface area contributed by atoms with Crippen LogP contribution in [0.3, 0.4) is 0 Å². The zero-order chi connectivity index (χ0) is 21.5. The highest BCUT2D eigenvalue weighted by molar-refractivity contribution is 7.99. The second-order valence-corrected chi connectivity index (χ2v) is 11.7. The Balaban J connectivity index is 1.75. The lowest BCUT2D eigenvalue weighted by Gasteiger charge is -2.37. The van der Waals surface area contributed by atoms with Crippen molar-refractivity contribution in [3.05, 3.63) is 78.4 Å². The van der Waals surface area contributed by atoms with Crippen LogP contribution in [0, 0.1) is 10.8 Å². The maximum Gasteiger partial charge on any atom is 0.0601 e. The Morgan fingerprint density at radius 2 is 1.20 bits per heavy atom. The average Bonchev–Trinajstić information content (AvgIpc) is 2.69. The molecule has 0 saturated carbocycles. The van der Waals surface area contributed by atoms with Gasteiger partial charge in [0.15, 0.2) is 0 Å². The Kier molecular flexibility index (Phi) is 5.48. The van der Waals surface area contributed by atoms with Crippen LogP contribution in [0.1, 0.15) is 59.4 Å². The van der Waals surface area contributed by atoms with E-state index in [1.807, 2.05) is 11.8 Å². The first-order chi connectivity index (χ1) is 14.1. The molecular formula is C28H33NS. The van der Waals surface area contributed by atoms with Crippen molar-refractivity contribution >= 4 is 28.8 Å². The van der Waals surface area contributed by atoms with E-state index in [0.717, 1.165) is 0 Å². The number of rotatable bonds is 3. The highest BCUT2D eigenvalue weighted by Gasteiger charge is 2.31. The molecule has 0 aliphatic carbocycles. The molecule has 2 heteroatoms. The van der Waals surface area contributed by atoms with Crippen LogP contribution in [0.25, 0.3) is 0 Å². The predicted octanol–water partition coefficient (Wildman–Crippen LogP) is 9.19. The minimum absolute atomic E-state index is 0.232. The first-order valence-corrected chi connectivity index (χ1v) is 11.7. The molecule has 0 bridgehead atoms. The largest absolute Gasteiger partial charge is 0.308 e. The van der Waals surface area contributed by atoms with Gasteiger partial charge < -0.3 is 4.90 Å². The fourth-order valence-electron chi connectivity index (χ4n) is 4.37. The Morgan fingerprint density at radius 3 is 1.67 bits per heavy atom. The minimum atomic E-state index is 0.232. The molecule has 1 atom stereocenters. The number of nitrogens with zero attached hydrogens (tertiary/aromatic N) is 1. The monoisotopic (exact) mass is 415 g/mol. The van der Waals surface area contributed by atoms with E-state index >= 15 is 0 Å². The fraction of sp³-hybridized carbons (Fsp3) is 0.357. The highest BCUT2D eigenvalue weighted by atomic mass is 32.2. The van der Waals surface area contributed by atoms with Crippen LogP contribution in [0.15, 0.2) is 82.6 Å². The van der Waals surface area contributed by atoms with Gasteiger partial charge in [0, 0.05) is 15.5 Å². The summed E-state index contributed by atoms with van der Waals surface area (Å²) in [5, 5.41) is 0. The van der Waals surface area contributed by atoms with Gasteiger partial charge in [-0.1, -0.05) is 89.7 Å². The van der Waals surface area contributed by atoms with Gasteiger partial charge >= 0.3 is 0 Å². The van der Waals surface area contributed by atoms with Crippen molar-refractivity contribution in [2.45, 2.75) is 63.7 Å². The number of para-hydroxylation sites is 2. The lowest BCUT2D eigenvalue weighted by atomic mass is 9.69. The van der Waals surface area contributed by atoms with Crippen molar-refractivity contribution < 1.29 is 0 Å². The molecule has 0 spiro atoms. The van der Waals surface area contributed by atoms with E-state index in [1.54, 1.807) is 0 Å². The topological polar surface area (TPSA) is 3.24 Å². The fourth-order valence-corrected chi connectivity index (χ4v) is 5.43. The molecule has 1 heterocycles. The van der Waals surface area contributed by atoms with Gasteiger partial charge in [0.1, 0.15) is 0 Å². The summed E-state index contributed by atoms with van der Waals surface area (Å²) in [6.45, 7) is 14.1. The predicted molar refractivity (Wildman–Crippen MR) is 132 cm³/mol. The summed E-state index contributed by atoms with van der Waals surface area (Å²) in [6, 6.07) is 26.7. The van der Waals surface area contributed by atoms with Gasteiger partial charge in [-0.25, -0.2) is 0 Å². The average molecular weight is 416 g/mol. The van der Waals surface area contributed by atoms with E-state index in [1.165, 1.54) is 38.8 Å². The molecule has 30 heavy (non-hydrogen) atoms. The molecule has 4 rings (SSSR count). The Bertz CT molecular complexity index is 976. The Labute approximate surface area is 186 Å². The smallest absolute Gasteiger partial charge is 0.0601 e. The Hall–Kier alpha value is -2.19. The molecule has 0 N–H and O–H groups in total. The van der Waals surface area contributed by atoms with E-state index in [4.69, 9.17) is 0 Å². The van der Waals surface area contributed by atoms with Crippen LogP contribution in [0.5, 0.6) is 0 Å². The highest BCUT2D eigenvalue weighted by Crippen LogP contribution is 2.51. The molecular weight excluding hydrogens is 382 g/mol. The maximum absolute atomic E-state index is 2.40. The standard InChI is InChI=1S/C28H33NS/c1-27(2,3)19-22(28(4,5)6)20-15-17-21(18-16-20)29-23-11-7-9-13-25(23)30-26-14-10-8-12-24(26)29/h7-18,22H,19H2,1-6H3. The molecule has 1 unspecified atom stereocenters. The van der Waals surface area contributed by atoms with Gasteiger partial charge in [-0.15, -0.1) is 0 Å². The van der Waals surface area contributed by atoms with Crippen LogP contribution in [0.4, 0.5) is 17.1 Å².